The van der Waals surface area contributed by atoms with Gasteiger partial charge in [-0.15, -0.1) is 0 Å². The van der Waals surface area contributed by atoms with E-state index < -0.39 is 59.7 Å². The lowest BCUT2D eigenvalue weighted by molar-refractivity contribution is -0.390. The van der Waals surface area contributed by atoms with Crippen LogP contribution in [0.15, 0.2) is 23.8 Å². The van der Waals surface area contributed by atoms with Crippen LogP contribution in [0.1, 0.15) is 12.6 Å². The van der Waals surface area contributed by atoms with Crippen molar-refractivity contribution in [1.82, 2.24) is 39.0 Å². The number of nitrogens with two attached hydrogens (primary N) is 2. The summed E-state index contributed by atoms with van der Waals surface area (Å²) >= 11 is 0. The maximum atomic E-state index is 16.1. The van der Waals surface area contributed by atoms with Crippen LogP contribution >= 0.6 is 17.3 Å². The molecule has 3 aliphatic heterocycles. The fourth-order valence-electron chi connectivity index (χ4n) is 4.64. The van der Waals surface area contributed by atoms with E-state index in [-0.39, 0.29) is 47.1 Å². The van der Waals surface area contributed by atoms with Crippen molar-refractivity contribution in [3.8, 4) is 0 Å². The fourth-order valence-corrected chi connectivity index (χ4v) is 6.18. The van der Waals surface area contributed by atoms with Crippen molar-refractivity contribution in [3.63, 3.8) is 0 Å². The van der Waals surface area contributed by atoms with Crippen LogP contribution in [0.5, 0.6) is 0 Å². The molecule has 7 heterocycles. The molecule has 0 radical (unpaired) electrons. The minimum atomic E-state index is -3.14. The van der Waals surface area contributed by atoms with Crippen molar-refractivity contribution in [2.75, 3.05) is 18.1 Å². The van der Waals surface area contributed by atoms with E-state index in [1.54, 1.807) is 0 Å². The van der Waals surface area contributed by atoms with Crippen LogP contribution in [0.3, 0.4) is 0 Å². The first-order valence-corrected chi connectivity index (χ1v) is 13.4. The van der Waals surface area contributed by atoms with E-state index in [1.165, 1.54) is 23.5 Å². The quantitative estimate of drug-likeness (QED) is 0.264. The van der Waals surface area contributed by atoms with Gasteiger partial charge in [-0.3, -0.25) is 23.5 Å². The van der Waals surface area contributed by atoms with Crippen LogP contribution in [-0.2, 0) is 38.1 Å². The molecule has 18 nitrogen and oxygen atoms in total. The summed E-state index contributed by atoms with van der Waals surface area (Å²) < 4.78 is 65.3. The maximum Gasteiger partial charge on any atom is 0.326 e. The second-order valence-electron chi connectivity index (χ2n) is 8.74. The molecule has 206 valence electrons. The number of ether oxygens (including phenoxy) is 2. The molecule has 3 saturated heterocycles. The molecule has 0 spiro atoms. The Bertz CT molecular complexity index is 1670. The molecule has 7 rings (SSSR count). The van der Waals surface area contributed by atoms with Gasteiger partial charge in [-0.05, 0) is 0 Å². The van der Waals surface area contributed by atoms with Crippen LogP contribution in [0.25, 0.3) is 22.3 Å². The number of aromatic nitrogens is 8. The number of alkyl halides is 1. The van der Waals surface area contributed by atoms with Crippen LogP contribution in [-0.4, -0.2) is 70.2 Å². The number of hydrogen-bond donors (Lipinski definition) is 3. The monoisotopic (exact) mass is 584 g/mol. The molecule has 0 saturated carbocycles. The van der Waals surface area contributed by atoms with E-state index in [1.807, 2.05) is 0 Å². The smallest absolute Gasteiger partial charge is 0.326 e. The number of nitrogens with one attached hydrogen (secondary N) is 1. The van der Waals surface area contributed by atoms with Crippen LogP contribution in [0, 0.1) is 0 Å². The van der Waals surface area contributed by atoms with E-state index in [0.29, 0.717) is 0 Å². The molecule has 39 heavy (non-hydrogen) atoms. The summed E-state index contributed by atoms with van der Waals surface area (Å²) in [5.41, 5.74) is 11.4. The van der Waals surface area contributed by atoms with E-state index in [0.717, 1.165) is 4.57 Å². The molecule has 21 heteroatoms. The number of nitrogen functional groups attached to an aromatic ring is 2. The largest absolute Gasteiger partial charge is 0.382 e. The summed E-state index contributed by atoms with van der Waals surface area (Å²) in [6.07, 6.45) is -1.18. The van der Waals surface area contributed by atoms with Gasteiger partial charge >= 0.3 is 14.2 Å². The molecule has 5 N–H and O–H groups in total. The Balaban J connectivity index is 1.15. The van der Waals surface area contributed by atoms with Gasteiger partial charge in [0.15, 0.2) is 50.3 Å². The second-order valence-corrected chi connectivity index (χ2v) is 10.4. The number of fused-ring (bicyclic) bond motifs is 5. The first-order chi connectivity index (χ1) is 18.8. The van der Waals surface area contributed by atoms with Gasteiger partial charge in [-0.25, -0.2) is 19.9 Å². The number of halogens is 1. The normalized spacial score (nSPS) is 34.0. The molecule has 3 aliphatic rings. The lowest BCUT2D eigenvalue weighted by Crippen LogP contribution is -2.64. The maximum absolute atomic E-state index is 16.1. The first-order valence-electron chi connectivity index (χ1n) is 11.4. The number of anilines is 2. The van der Waals surface area contributed by atoms with E-state index >= 15 is 4.39 Å². The molecular weight excluding hydrogens is 565 g/mol. The number of hydrogen-bond acceptors (Lipinski definition) is 15. The molecule has 3 fully saturated rings. The highest BCUT2D eigenvalue weighted by atomic mass is 31.1. The number of imidazole rings is 2. The van der Waals surface area contributed by atoms with Crippen molar-refractivity contribution in [2.45, 2.75) is 43.2 Å². The summed E-state index contributed by atoms with van der Waals surface area (Å²) in [7, 11) is -3.84. The van der Waals surface area contributed by atoms with E-state index in [9.17, 15) is 9.36 Å². The zero-order chi connectivity index (χ0) is 26.9. The summed E-state index contributed by atoms with van der Waals surface area (Å²) in [5.74, 6) is -2.60. The molecule has 4 aromatic heterocycles. The average Bonchev–Trinajstić information content (AvgIpc) is 3.61. The Morgan fingerprint density at radius 1 is 1.13 bits per heavy atom. The summed E-state index contributed by atoms with van der Waals surface area (Å²) in [6.45, 7) is -0.314. The van der Waals surface area contributed by atoms with Gasteiger partial charge in [-0.1, -0.05) is 0 Å². The Morgan fingerprint density at radius 3 is 2.85 bits per heavy atom. The molecule has 0 amide bonds. The molecule has 0 aromatic carbocycles. The van der Waals surface area contributed by atoms with Crippen LogP contribution in [0.2, 0.25) is 0 Å². The van der Waals surface area contributed by atoms with Gasteiger partial charge in [0, 0.05) is 6.42 Å². The highest BCUT2D eigenvalue weighted by molar-refractivity contribution is 7.33. The molecule has 6 unspecified atom stereocenters. The topological polar surface area (TPSA) is 232 Å². The third-order valence-electron chi connectivity index (χ3n) is 6.42. The van der Waals surface area contributed by atoms with Crippen molar-refractivity contribution in [3.05, 3.63) is 29.3 Å². The summed E-state index contributed by atoms with van der Waals surface area (Å²) in [4.78, 5) is 34.7. The predicted molar refractivity (Wildman–Crippen MR) is 129 cm³/mol. The SMILES string of the molecule is Nc1nc2c(ncn2C2O[C@H]3C[C@@H]2O[PH](=O)OCC2OC(F)(n4cnc5c(N)ncnc54)C2OPO3)c(=O)[nH]1. The van der Waals surface area contributed by atoms with Gasteiger partial charge in [0.2, 0.25) is 5.95 Å². The fraction of sp³-hybridized carbons (Fsp3) is 0.444. The highest BCUT2D eigenvalue weighted by Gasteiger charge is 2.61. The van der Waals surface area contributed by atoms with Gasteiger partial charge in [0.05, 0.1) is 12.9 Å². The minimum Gasteiger partial charge on any atom is -0.382 e. The van der Waals surface area contributed by atoms with Crippen LogP contribution < -0.4 is 17.0 Å². The van der Waals surface area contributed by atoms with Crippen molar-refractivity contribution >= 4 is 51.4 Å². The summed E-state index contributed by atoms with van der Waals surface area (Å²) in [5, 5.41) is 0. The Kier molecular flexibility index (Phi) is 5.87. The average molecular weight is 584 g/mol. The van der Waals surface area contributed by atoms with Gasteiger partial charge < -0.3 is 39.0 Å². The third-order valence-corrected chi connectivity index (χ3v) is 8.03. The first kappa shape index (κ1) is 24.9. The van der Waals surface area contributed by atoms with Crippen molar-refractivity contribution < 1.29 is 36.5 Å². The van der Waals surface area contributed by atoms with Gasteiger partial charge in [0.25, 0.3) is 5.56 Å². The van der Waals surface area contributed by atoms with E-state index in [4.69, 9.17) is 39.0 Å². The minimum absolute atomic E-state index is 0.0232. The molecule has 4 aromatic rings. The number of H-pyrrole nitrogens is 1. The highest BCUT2D eigenvalue weighted by Crippen LogP contribution is 2.49. The number of nitrogens with zero attached hydrogens (tertiary/aromatic N) is 7. The van der Waals surface area contributed by atoms with Crippen molar-refractivity contribution in [2.24, 2.45) is 0 Å². The van der Waals surface area contributed by atoms with Gasteiger partial charge in [0.1, 0.15) is 30.4 Å². The number of aromatic amines is 1. The Morgan fingerprint density at radius 2 is 1.97 bits per heavy atom. The molecule has 8 atom stereocenters. The standard InChI is InChI=1S/C18H19FN10O8P2/c19-18(29-5-25-9-12(20)22-3-23-13(9)29)11-7(34-18)2-32-39(31)37-6-1-8(35-38-36-11)33-16(6)28-4-24-10-14(28)26-17(21)27-15(10)30/h3-8,11,16,38-39H,1-2H2,(H2,20,22,23)(H3,21,26,27,30)/t6-,7?,8+,11?,16?,18?/m0/s1. The zero-order valence-corrected chi connectivity index (χ0v) is 21.5. The lowest BCUT2D eigenvalue weighted by Gasteiger charge is -2.48. The van der Waals surface area contributed by atoms with Crippen LogP contribution in [0.4, 0.5) is 16.2 Å². The predicted octanol–water partition coefficient (Wildman–Crippen LogP) is 0.0629. The number of rotatable bonds is 2. The van der Waals surface area contributed by atoms with Gasteiger partial charge in [-0.2, -0.15) is 9.37 Å². The third kappa shape index (κ3) is 4.01. The van der Waals surface area contributed by atoms with E-state index in [2.05, 4.69) is 29.9 Å². The second kappa shape index (κ2) is 9.21. The molecule has 0 aliphatic carbocycles. The summed E-state index contributed by atoms with van der Waals surface area (Å²) in [6, 6.07) is 0. The lowest BCUT2D eigenvalue weighted by atomic mass is 10.1. The molecule has 2 bridgehead atoms. The zero-order valence-electron chi connectivity index (χ0n) is 19.5. The Labute approximate surface area is 218 Å². The molecular formula is C18H19FN10O8P2. The van der Waals surface area contributed by atoms with Crippen molar-refractivity contribution in [1.29, 1.82) is 0 Å². The Hall–Kier alpha value is -3.15.